The van der Waals surface area contributed by atoms with Crippen molar-refractivity contribution in [3.63, 3.8) is 0 Å². The first-order valence-corrected chi connectivity index (χ1v) is 14.9. The van der Waals surface area contributed by atoms with Gasteiger partial charge in [0.2, 0.25) is 15.9 Å². The van der Waals surface area contributed by atoms with E-state index in [1.54, 1.807) is 37.3 Å². The maximum absolute atomic E-state index is 13.5. The van der Waals surface area contributed by atoms with Crippen molar-refractivity contribution in [3.8, 4) is 5.75 Å². The van der Waals surface area contributed by atoms with Gasteiger partial charge in [0, 0.05) is 19.1 Å². The van der Waals surface area contributed by atoms with Gasteiger partial charge in [0.1, 0.15) is 18.9 Å². The summed E-state index contributed by atoms with van der Waals surface area (Å²) in [6.45, 7) is 3.33. The molecule has 0 heterocycles. The lowest BCUT2D eigenvalue weighted by molar-refractivity contribution is -0.119. The van der Waals surface area contributed by atoms with E-state index in [-0.39, 0.29) is 22.9 Å². The molecule has 0 radical (unpaired) electrons. The number of amides is 1. The minimum atomic E-state index is -4.05. The van der Waals surface area contributed by atoms with Crippen LogP contribution < -0.4 is 14.4 Å². The molecule has 12 heteroatoms. The van der Waals surface area contributed by atoms with Crippen LogP contribution in [0.4, 0.5) is 5.69 Å². The van der Waals surface area contributed by atoms with Crippen molar-refractivity contribution in [1.29, 1.82) is 0 Å². The zero-order valence-corrected chi connectivity index (χ0v) is 23.9. The molecule has 3 rings (SSSR count). The third kappa shape index (κ3) is 7.04. The van der Waals surface area contributed by atoms with E-state index >= 15 is 0 Å². The molecule has 3 aromatic rings. The average Bonchev–Trinajstić information content (AvgIpc) is 2.86. The van der Waals surface area contributed by atoms with Crippen LogP contribution in [-0.4, -0.2) is 60.8 Å². The van der Waals surface area contributed by atoms with Gasteiger partial charge < -0.3 is 10.1 Å². The third-order valence-electron chi connectivity index (χ3n) is 5.62. The topological polar surface area (TPSA) is 113 Å². The molecule has 0 unspecified atom stereocenters. The van der Waals surface area contributed by atoms with Gasteiger partial charge in [-0.1, -0.05) is 29.3 Å². The van der Waals surface area contributed by atoms with Gasteiger partial charge in [-0.25, -0.2) is 21.1 Å². The fourth-order valence-electron chi connectivity index (χ4n) is 3.50. The number of rotatable bonds is 11. The molecule has 0 aliphatic rings. The number of carbonyl (C=O) groups excluding carboxylic acids is 1. The Labute approximate surface area is 229 Å². The standard InChI is InChI=1S/C26H30ClN3O6S2/c1-19-5-10-24(11-6-19)38(34,35)30(25-14-7-21(27)17-20(25)2)18-26(31)28-15-16-36-22-8-12-23(13-9-22)37(32,33)29(3)4/h5-14,17H,15-16,18H2,1-4H3,(H,28,31). The highest BCUT2D eigenvalue weighted by Gasteiger charge is 2.28. The van der Waals surface area contributed by atoms with Crippen LogP contribution in [-0.2, 0) is 24.8 Å². The predicted octanol–water partition coefficient (Wildman–Crippen LogP) is 3.60. The Kier molecular flexibility index (Phi) is 9.42. The Hall–Kier alpha value is -3.12. The van der Waals surface area contributed by atoms with Gasteiger partial charge in [0.05, 0.1) is 22.0 Å². The summed E-state index contributed by atoms with van der Waals surface area (Å²) < 4.78 is 59.1. The SMILES string of the molecule is Cc1ccc(S(=O)(=O)N(CC(=O)NCCOc2ccc(S(=O)(=O)N(C)C)cc2)c2ccc(Cl)cc2C)cc1. The molecule has 0 spiro atoms. The number of nitrogens with one attached hydrogen (secondary N) is 1. The second-order valence-corrected chi connectivity index (χ2v) is 13.2. The Morgan fingerprint density at radius 2 is 1.45 bits per heavy atom. The van der Waals surface area contributed by atoms with Crippen LogP contribution in [0.2, 0.25) is 5.02 Å². The zero-order chi connectivity index (χ0) is 28.1. The van der Waals surface area contributed by atoms with Gasteiger partial charge in [-0.05, 0) is 74.0 Å². The molecule has 38 heavy (non-hydrogen) atoms. The van der Waals surface area contributed by atoms with Crippen LogP contribution in [0.5, 0.6) is 5.75 Å². The third-order valence-corrected chi connectivity index (χ3v) is 9.46. The summed E-state index contributed by atoms with van der Waals surface area (Å²) in [6, 6.07) is 17.1. The van der Waals surface area contributed by atoms with Crippen molar-refractivity contribution in [2.45, 2.75) is 23.6 Å². The van der Waals surface area contributed by atoms with E-state index in [9.17, 15) is 21.6 Å². The van der Waals surface area contributed by atoms with Crippen LogP contribution in [0.1, 0.15) is 11.1 Å². The average molecular weight is 580 g/mol. The van der Waals surface area contributed by atoms with Crippen molar-refractivity contribution in [1.82, 2.24) is 9.62 Å². The summed E-state index contributed by atoms with van der Waals surface area (Å²) in [6.07, 6.45) is 0. The smallest absolute Gasteiger partial charge is 0.264 e. The summed E-state index contributed by atoms with van der Waals surface area (Å²) in [5, 5.41) is 3.12. The van der Waals surface area contributed by atoms with Gasteiger partial charge in [-0.15, -0.1) is 0 Å². The first-order chi connectivity index (χ1) is 17.8. The predicted molar refractivity (Wildman–Crippen MR) is 148 cm³/mol. The molecule has 0 aliphatic carbocycles. The maximum atomic E-state index is 13.5. The molecule has 1 amide bonds. The van der Waals surface area contributed by atoms with Gasteiger partial charge in [-0.3, -0.25) is 9.10 Å². The monoisotopic (exact) mass is 579 g/mol. The van der Waals surface area contributed by atoms with E-state index in [0.29, 0.717) is 22.0 Å². The second-order valence-electron chi connectivity index (χ2n) is 8.71. The molecule has 0 bridgehead atoms. The summed E-state index contributed by atoms with van der Waals surface area (Å²) in [5.74, 6) is -0.0941. The normalized spacial score (nSPS) is 11.8. The minimum absolute atomic E-state index is 0.0633. The van der Waals surface area contributed by atoms with Crippen LogP contribution >= 0.6 is 11.6 Å². The highest BCUT2D eigenvalue weighted by Crippen LogP contribution is 2.29. The molecule has 0 aliphatic heterocycles. The Morgan fingerprint density at radius 1 is 0.868 bits per heavy atom. The van der Waals surface area contributed by atoms with Crippen molar-refractivity contribution in [2.24, 2.45) is 0 Å². The maximum Gasteiger partial charge on any atom is 0.264 e. The number of benzene rings is 3. The number of nitrogens with zero attached hydrogens (tertiary/aromatic N) is 2. The van der Waals surface area contributed by atoms with Crippen molar-refractivity contribution >= 4 is 43.2 Å². The lowest BCUT2D eigenvalue weighted by Crippen LogP contribution is -2.42. The molecular weight excluding hydrogens is 550 g/mol. The fourth-order valence-corrected chi connectivity index (χ4v) is 6.11. The molecular formula is C26H30ClN3O6S2. The molecule has 0 fully saturated rings. The van der Waals surface area contributed by atoms with Crippen LogP contribution in [0.25, 0.3) is 0 Å². The van der Waals surface area contributed by atoms with E-state index in [1.165, 1.54) is 50.5 Å². The lowest BCUT2D eigenvalue weighted by atomic mass is 10.2. The Morgan fingerprint density at radius 3 is 2.03 bits per heavy atom. The Bertz CT molecular complexity index is 1490. The van der Waals surface area contributed by atoms with E-state index in [1.807, 2.05) is 6.92 Å². The van der Waals surface area contributed by atoms with Crippen LogP contribution in [0.3, 0.4) is 0 Å². The van der Waals surface area contributed by atoms with E-state index < -0.39 is 32.5 Å². The second kappa shape index (κ2) is 12.2. The number of hydrogen-bond donors (Lipinski definition) is 1. The van der Waals surface area contributed by atoms with Gasteiger partial charge >= 0.3 is 0 Å². The molecule has 204 valence electrons. The summed E-state index contributed by atoms with van der Waals surface area (Å²) in [5.41, 5.74) is 1.85. The van der Waals surface area contributed by atoms with Crippen molar-refractivity contribution < 1.29 is 26.4 Å². The Balaban J connectivity index is 1.68. The molecule has 1 N–H and O–H groups in total. The molecule has 0 aromatic heterocycles. The largest absolute Gasteiger partial charge is 0.492 e. The molecule has 9 nitrogen and oxygen atoms in total. The first-order valence-electron chi connectivity index (χ1n) is 11.6. The van der Waals surface area contributed by atoms with Crippen LogP contribution in [0, 0.1) is 13.8 Å². The molecule has 3 aromatic carbocycles. The molecule has 0 atom stereocenters. The quantitative estimate of drug-likeness (QED) is 0.347. The number of carbonyl (C=O) groups is 1. The summed E-state index contributed by atoms with van der Waals surface area (Å²) >= 11 is 6.06. The van der Waals surface area contributed by atoms with Gasteiger partial charge in [0.15, 0.2) is 0 Å². The molecule has 0 saturated carbocycles. The van der Waals surface area contributed by atoms with E-state index in [2.05, 4.69) is 5.32 Å². The van der Waals surface area contributed by atoms with Gasteiger partial charge in [-0.2, -0.15) is 0 Å². The number of hydrogen-bond acceptors (Lipinski definition) is 6. The summed E-state index contributed by atoms with van der Waals surface area (Å²) in [4.78, 5) is 13.0. The number of anilines is 1. The zero-order valence-electron chi connectivity index (χ0n) is 21.5. The number of ether oxygens (including phenoxy) is 1. The van der Waals surface area contributed by atoms with E-state index in [4.69, 9.17) is 16.3 Å². The fraction of sp³-hybridized carbons (Fsp3) is 0.269. The highest BCUT2D eigenvalue weighted by molar-refractivity contribution is 7.92. The number of aryl methyl sites for hydroxylation is 2. The van der Waals surface area contributed by atoms with E-state index in [0.717, 1.165) is 14.2 Å². The number of sulfonamides is 2. The lowest BCUT2D eigenvalue weighted by Gasteiger charge is -2.26. The number of halogens is 1. The van der Waals surface area contributed by atoms with Crippen molar-refractivity contribution in [2.75, 3.05) is 38.1 Å². The van der Waals surface area contributed by atoms with Gasteiger partial charge in [0.25, 0.3) is 10.0 Å². The first kappa shape index (κ1) is 29.4. The minimum Gasteiger partial charge on any atom is -0.492 e. The van der Waals surface area contributed by atoms with Crippen molar-refractivity contribution in [3.05, 3.63) is 82.9 Å². The molecule has 0 saturated heterocycles. The highest BCUT2D eigenvalue weighted by atomic mass is 35.5. The van der Waals surface area contributed by atoms with Crippen LogP contribution in [0.15, 0.2) is 76.5 Å². The summed E-state index contributed by atoms with van der Waals surface area (Å²) in [7, 11) is -4.70.